The van der Waals surface area contributed by atoms with Gasteiger partial charge >= 0.3 is 5.97 Å². The Kier molecular flexibility index (Phi) is 7.16. The molecule has 0 aliphatic rings. The second-order valence-corrected chi connectivity index (χ2v) is 6.37. The molecular formula is C18H20N2O5S. The maximum atomic E-state index is 12.1. The van der Waals surface area contributed by atoms with Gasteiger partial charge in [0.25, 0.3) is 5.91 Å². The summed E-state index contributed by atoms with van der Waals surface area (Å²) >= 11 is 1.45. The molecule has 7 nitrogen and oxygen atoms in total. The number of rotatable bonds is 9. The Labute approximate surface area is 155 Å². The topological polar surface area (TPSA) is 95.9 Å². The number of ether oxygens (including phenoxy) is 1. The van der Waals surface area contributed by atoms with Crippen molar-refractivity contribution < 1.29 is 24.2 Å². The molecule has 1 heterocycles. The molecule has 1 aromatic heterocycles. The molecule has 0 aliphatic carbocycles. The van der Waals surface area contributed by atoms with Gasteiger partial charge in [0.15, 0.2) is 6.61 Å². The molecule has 8 heteroatoms. The Bertz CT molecular complexity index is 743. The molecule has 0 saturated carbocycles. The number of hydrogen-bond donors (Lipinski definition) is 2. The van der Waals surface area contributed by atoms with Crippen LogP contribution in [0.25, 0.3) is 0 Å². The summed E-state index contributed by atoms with van der Waals surface area (Å²) in [6.45, 7) is 0.297. The van der Waals surface area contributed by atoms with Crippen LogP contribution in [0.4, 0.5) is 0 Å². The Balaban J connectivity index is 1.74. The highest BCUT2D eigenvalue weighted by atomic mass is 32.1. The highest BCUT2D eigenvalue weighted by Crippen LogP contribution is 2.13. The second-order valence-electron chi connectivity index (χ2n) is 5.59. The molecule has 2 aromatic rings. The molecule has 0 aliphatic heterocycles. The number of aliphatic carboxylic acids is 1. The number of hydrogen-bond acceptors (Lipinski definition) is 5. The largest absolute Gasteiger partial charge is 0.482 e. The Morgan fingerprint density at radius 3 is 2.54 bits per heavy atom. The van der Waals surface area contributed by atoms with E-state index in [9.17, 15) is 14.4 Å². The Morgan fingerprint density at radius 2 is 1.92 bits per heavy atom. The highest BCUT2D eigenvalue weighted by Gasteiger charge is 2.11. The molecule has 0 spiro atoms. The zero-order chi connectivity index (χ0) is 18.9. The van der Waals surface area contributed by atoms with Gasteiger partial charge < -0.3 is 20.1 Å². The molecule has 2 N–H and O–H groups in total. The summed E-state index contributed by atoms with van der Waals surface area (Å²) in [6, 6.07) is 8.62. The minimum atomic E-state index is -1.04. The number of thiophene rings is 1. The number of benzene rings is 1. The highest BCUT2D eigenvalue weighted by molar-refractivity contribution is 7.08. The van der Waals surface area contributed by atoms with Crippen LogP contribution in [0.3, 0.4) is 0 Å². The minimum Gasteiger partial charge on any atom is -0.482 e. The van der Waals surface area contributed by atoms with Crippen LogP contribution in [-0.4, -0.2) is 48.0 Å². The molecule has 1 aromatic carbocycles. The van der Waals surface area contributed by atoms with Crippen molar-refractivity contribution in [3.05, 3.63) is 52.2 Å². The summed E-state index contributed by atoms with van der Waals surface area (Å²) in [4.78, 5) is 36.0. The maximum absolute atomic E-state index is 12.1. The zero-order valence-electron chi connectivity index (χ0n) is 14.3. The number of carbonyl (C=O) groups is 3. The van der Waals surface area contributed by atoms with Crippen molar-refractivity contribution in [3.8, 4) is 5.75 Å². The molecule has 0 fully saturated rings. The molecular weight excluding hydrogens is 356 g/mol. The SMILES string of the molecule is CN(Cc1ccc(OCC(=O)O)cc1)C(=O)CCNC(=O)c1ccsc1. The van der Waals surface area contributed by atoms with Gasteiger partial charge in [0.05, 0.1) is 0 Å². The summed E-state index contributed by atoms with van der Waals surface area (Å²) in [7, 11) is 1.69. The lowest BCUT2D eigenvalue weighted by Crippen LogP contribution is -2.31. The molecule has 2 amide bonds. The average molecular weight is 376 g/mol. The van der Waals surface area contributed by atoms with Crippen LogP contribution in [0.2, 0.25) is 0 Å². The summed E-state index contributed by atoms with van der Waals surface area (Å²) in [5.74, 6) is -0.841. The molecule has 0 unspecified atom stereocenters. The van der Waals surface area contributed by atoms with E-state index in [4.69, 9.17) is 9.84 Å². The molecule has 0 radical (unpaired) electrons. The van der Waals surface area contributed by atoms with Gasteiger partial charge in [-0.05, 0) is 29.1 Å². The van der Waals surface area contributed by atoms with E-state index >= 15 is 0 Å². The monoisotopic (exact) mass is 376 g/mol. The first-order valence-corrected chi connectivity index (χ1v) is 8.88. The normalized spacial score (nSPS) is 10.2. The van der Waals surface area contributed by atoms with E-state index in [1.165, 1.54) is 11.3 Å². The summed E-state index contributed by atoms with van der Waals surface area (Å²) in [5.41, 5.74) is 1.49. The number of carboxylic acid groups (broad SMARTS) is 1. The van der Waals surface area contributed by atoms with E-state index in [2.05, 4.69) is 5.32 Å². The van der Waals surface area contributed by atoms with Gasteiger partial charge in [0.1, 0.15) is 5.75 Å². The van der Waals surface area contributed by atoms with Crippen LogP contribution in [0.5, 0.6) is 5.75 Å². The first kappa shape index (κ1) is 19.5. The maximum Gasteiger partial charge on any atom is 0.341 e. The fourth-order valence-electron chi connectivity index (χ4n) is 2.17. The summed E-state index contributed by atoms with van der Waals surface area (Å²) < 4.78 is 5.06. The number of carboxylic acids is 1. The lowest BCUT2D eigenvalue weighted by molar-refractivity contribution is -0.139. The number of amides is 2. The predicted molar refractivity (Wildman–Crippen MR) is 97.3 cm³/mol. The fourth-order valence-corrected chi connectivity index (χ4v) is 2.80. The number of carbonyl (C=O) groups excluding carboxylic acids is 2. The van der Waals surface area contributed by atoms with Crippen molar-refractivity contribution in [2.45, 2.75) is 13.0 Å². The van der Waals surface area contributed by atoms with Gasteiger partial charge in [-0.25, -0.2) is 4.79 Å². The van der Waals surface area contributed by atoms with Gasteiger partial charge in [0, 0.05) is 37.5 Å². The van der Waals surface area contributed by atoms with E-state index < -0.39 is 12.6 Å². The predicted octanol–water partition coefficient (Wildman–Crippen LogP) is 1.99. The molecule has 26 heavy (non-hydrogen) atoms. The van der Waals surface area contributed by atoms with Crippen molar-refractivity contribution in [2.24, 2.45) is 0 Å². The van der Waals surface area contributed by atoms with Crippen molar-refractivity contribution in [1.82, 2.24) is 10.2 Å². The zero-order valence-corrected chi connectivity index (χ0v) is 15.1. The van der Waals surface area contributed by atoms with Crippen LogP contribution in [-0.2, 0) is 16.1 Å². The van der Waals surface area contributed by atoms with Gasteiger partial charge in [-0.15, -0.1) is 0 Å². The fraction of sp³-hybridized carbons (Fsp3) is 0.278. The Morgan fingerprint density at radius 1 is 1.19 bits per heavy atom. The molecule has 0 atom stereocenters. The van der Waals surface area contributed by atoms with E-state index in [1.54, 1.807) is 47.7 Å². The molecule has 0 bridgehead atoms. The van der Waals surface area contributed by atoms with E-state index in [-0.39, 0.29) is 24.8 Å². The third-order valence-corrected chi connectivity index (χ3v) is 4.22. The first-order valence-electron chi connectivity index (χ1n) is 7.93. The van der Waals surface area contributed by atoms with Crippen molar-refractivity contribution >= 4 is 29.1 Å². The third-order valence-electron chi connectivity index (χ3n) is 3.54. The Hall–Kier alpha value is -2.87. The van der Waals surface area contributed by atoms with Crippen LogP contribution >= 0.6 is 11.3 Å². The van der Waals surface area contributed by atoms with E-state index in [0.29, 0.717) is 17.9 Å². The van der Waals surface area contributed by atoms with Crippen molar-refractivity contribution in [2.75, 3.05) is 20.2 Å². The van der Waals surface area contributed by atoms with E-state index in [0.717, 1.165) is 5.56 Å². The van der Waals surface area contributed by atoms with Crippen molar-refractivity contribution in [1.29, 1.82) is 0 Å². The standard InChI is InChI=1S/C18H20N2O5S/c1-20(10-13-2-4-15(5-3-13)25-11-17(22)23)16(21)6-8-19-18(24)14-7-9-26-12-14/h2-5,7,9,12H,6,8,10-11H2,1H3,(H,19,24)(H,22,23). The summed E-state index contributed by atoms with van der Waals surface area (Å²) in [5, 5.41) is 14.9. The van der Waals surface area contributed by atoms with Crippen LogP contribution < -0.4 is 10.1 Å². The molecule has 138 valence electrons. The number of nitrogens with one attached hydrogen (secondary N) is 1. The molecule has 2 rings (SSSR count). The van der Waals surface area contributed by atoms with E-state index in [1.807, 2.05) is 5.38 Å². The third kappa shape index (κ3) is 6.21. The van der Waals surface area contributed by atoms with Crippen LogP contribution in [0, 0.1) is 0 Å². The lowest BCUT2D eigenvalue weighted by atomic mass is 10.2. The lowest BCUT2D eigenvalue weighted by Gasteiger charge is -2.17. The smallest absolute Gasteiger partial charge is 0.341 e. The first-order chi connectivity index (χ1) is 12.5. The van der Waals surface area contributed by atoms with Crippen LogP contribution in [0.15, 0.2) is 41.1 Å². The quantitative estimate of drug-likeness (QED) is 0.698. The molecule has 0 saturated heterocycles. The minimum absolute atomic E-state index is 0.0816. The number of nitrogens with zero attached hydrogens (tertiary/aromatic N) is 1. The van der Waals surface area contributed by atoms with Gasteiger partial charge in [-0.1, -0.05) is 12.1 Å². The summed E-state index contributed by atoms with van der Waals surface area (Å²) in [6.07, 6.45) is 0.214. The second kappa shape index (κ2) is 9.57. The van der Waals surface area contributed by atoms with Gasteiger partial charge in [-0.3, -0.25) is 9.59 Å². The van der Waals surface area contributed by atoms with Gasteiger partial charge in [-0.2, -0.15) is 11.3 Å². The van der Waals surface area contributed by atoms with Crippen LogP contribution in [0.1, 0.15) is 22.3 Å². The van der Waals surface area contributed by atoms with Gasteiger partial charge in [0.2, 0.25) is 5.91 Å². The average Bonchev–Trinajstić information content (AvgIpc) is 3.15. The van der Waals surface area contributed by atoms with Crippen molar-refractivity contribution in [3.63, 3.8) is 0 Å².